The Labute approximate surface area is 118 Å². The Bertz CT molecular complexity index is 568. The Balaban J connectivity index is 2.84. The third kappa shape index (κ3) is 4.82. The molecule has 20 heavy (non-hydrogen) atoms. The molecule has 0 amide bonds. The molecule has 0 fully saturated rings. The van der Waals surface area contributed by atoms with Gasteiger partial charge < -0.3 is 15.2 Å². The highest BCUT2D eigenvalue weighted by molar-refractivity contribution is 7.91. The second kappa shape index (κ2) is 7.25. The molecule has 0 saturated carbocycles. The minimum atomic E-state index is -3.56. The van der Waals surface area contributed by atoms with Crippen LogP contribution in [0.1, 0.15) is 18.1 Å². The van der Waals surface area contributed by atoms with Crippen molar-refractivity contribution in [1.29, 1.82) is 0 Å². The van der Waals surface area contributed by atoms with Gasteiger partial charge in [-0.2, -0.15) is 0 Å². The lowest BCUT2D eigenvalue weighted by Gasteiger charge is -2.09. The van der Waals surface area contributed by atoms with Gasteiger partial charge in [0.05, 0.1) is 19.5 Å². The Kier molecular flexibility index (Phi) is 5.97. The summed E-state index contributed by atoms with van der Waals surface area (Å²) in [7, 11) is -2.07. The number of esters is 1. The van der Waals surface area contributed by atoms with E-state index >= 15 is 0 Å². The van der Waals surface area contributed by atoms with Crippen LogP contribution in [-0.2, 0) is 31.7 Å². The molecule has 112 valence electrons. The van der Waals surface area contributed by atoms with Crippen LogP contribution in [0, 0.1) is 0 Å². The Morgan fingerprint density at radius 3 is 2.60 bits per heavy atom. The van der Waals surface area contributed by atoms with Crippen molar-refractivity contribution in [3.8, 4) is 5.75 Å². The van der Waals surface area contributed by atoms with E-state index in [4.69, 9.17) is 10.5 Å². The number of benzene rings is 1. The summed E-state index contributed by atoms with van der Waals surface area (Å²) < 4.78 is 33.5. The van der Waals surface area contributed by atoms with Crippen LogP contribution in [0.25, 0.3) is 0 Å². The van der Waals surface area contributed by atoms with E-state index in [9.17, 15) is 13.2 Å². The van der Waals surface area contributed by atoms with Gasteiger partial charge in [-0.15, -0.1) is 0 Å². The number of carbonyl (C=O) groups excluding carboxylic acids is 1. The number of ether oxygens (including phenoxy) is 2. The lowest BCUT2D eigenvalue weighted by Crippen LogP contribution is -2.20. The molecule has 1 aromatic rings. The quantitative estimate of drug-likeness (QED) is 0.742. The number of carbonyl (C=O) groups is 1. The summed E-state index contributed by atoms with van der Waals surface area (Å²) in [6, 6.07) is 4.99. The predicted octanol–water partition coefficient (Wildman–Crippen LogP) is 0.632. The second-order valence-electron chi connectivity index (χ2n) is 4.19. The summed E-state index contributed by atoms with van der Waals surface area (Å²) in [5.41, 5.74) is 6.88. The fourth-order valence-electron chi connectivity index (χ4n) is 1.73. The zero-order valence-corrected chi connectivity index (χ0v) is 12.4. The van der Waals surface area contributed by atoms with Gasteiger partial charge >= 0.3 is 5.97 Å². The van der Waals surface area contributed by atoms with Crippen molar-refractivity contribution in [2.45, 2.75) is 19.2 Å². The van der Waals surface area contributed by atoms with Crippen molar-refractivity contribution < 1.29 is 22.7 Å². The molecule has 0 aliphatic rings. The van der Waals surface area contributed by atoms with Crippen molar-refractivity contribution >= 4 is 15.8 Å². The first-order chi connectivity index (χ1) is 9.41. The van der Waals surface area contributed by atoms with E-state index in [2.05, 4.69) is 4.74 Å². The molecule has 0 saturated heterocycles. The van der Waals surface area contributed by atoms with Crippen molar-refractivity contribution in [3.05, 3.63) is 29.3 Å². The molecule has 1 rings (SSSR count). The van der Waals surface area contributed by atoms with Crippen molar-refractivity contribution in [3.63, 3.8) is 0 Å². The van der Waals surface area contributed by atoms with Crippen LogP contribution in [0.5, 0.6) is 5.75 Å². The van der Waals surface area contributed by atoms with E-state index in [1.54, 1.807) is 25.1 Å². The van der Waals surface area contributed by atoms with Gasteiger partial charge in [-0.1, -0.05) is 12.1 Å². The molecule has 0 aromatic heterocycles. The van der Waals surface area contributed by atoms with E-state index in [0.29, 0.717) is 17.9 Å². The monoisotopic (exact) mass is 301 g/mol. The zero-order chi connectivity index (χ0) is 15.2. The number of methoxy groups -OCH3 is 1. The highest BCUT2D eigenvalue weighted by Crippen LogP contribution is 2.21. The normalized spacial score (nSPS) is 11.2. The fourth-order valence-corrected chi connectivity index (χ4v) is 2.97. The molecule has 0 radical (unpaired) electrons. The van der Waals surface area contributed by atoms with Crippen LogP contribution in [0.4, 0.5) is 0 Å². The van der Waals surface area contributed by atoms with Gasteiger partial charge in [-0.05, 0) is 18.6 Å². The van der Waals surface area contributed by atoms with Gasteiger partial charge in [0.2, 0.25) is 0 Å². The van der Waals surface area contributed by atoms with Crippen LogP contribution >= 0.6 is 0 Å². The van der Waals surface area contributed by atoms with Crippen molar-refractivity contribution in [2.75, 3.05) is 19.5 Å². The van der Waals surface area contributed by atoms with Gasteiger partial charge in [0.1, 0.15) is 11.5 Å². The molecule has 0 spiro atoms. The summed E-state index contributed by atoms with van der Waals surface area (Å²) in [5.74, 6) is -1.07. The van der Waals surface area contributed by atoms with E-state index in [1.165, 1.54) is 7.11 Å². The summed E-state index contributed by atoms with van der Waals surface area (Å²) in [6.07, 6.45) is 0. The molecule has 1 aromatic carbocycles. The first-order valence-electron chi connectivity index (χ1n) is 6.13. The fraction of sp³-hybridized carbons (Fsp3) is 0.462. The van der Waals surface area contributed by atoms with E-state index in [0.717, 1.165) is 5.56 Å². The lowest BCUT2D eigenvalue weighted by atomic mass is 10.1. The Morgan fingerprint density at radius 1 is 1.35 bits per heavy atom. The highest BCUT2D eigenvalue weighted by Gasteiger charge is 2.19. The maximum Gasteiger partial charge on any atom is 0.321 e. The standard InChI is InChI=1S/C13H19NO5S/c1-3-19-13(15)9-20(16,17)8-10-4-5-11(7-14)12(6-10)18-2/h4-6H,3,7-9,14H2,1-2H3. The summed E-state index contributed by atoms with van der Waals surface area (Å²) in [6.45, 7) is 2.09. The van der Waals surface area contributed by atoms with Crippen LogP contribution < -0.4 is 10.5 Å². The first kappa shape index (κ1) is 16.5. The molecule has 0 aliphatic carbocycles. The maximum atomic E-state index is 11.9. The summed E-state index contributed by atoms with van der Waals surface area (Å²) in [4.78, 5) is 11.2. The molecule has 0 heterocycles. The number of sulfone groups is 1. The number of nitrogens with two attached hydrogens (primary N) is 1. The molecule has 6 nitrogen and oxygen atoms in total. The topological polar surface area (TPSA) is 95.7 Å². The summed E-state index contributed by atoms with van der Waals surface area (Å²) >= 11 is 0. The van der Waals surface area contributed by atoms with Crippen LogP contribution in [-0.4, -0.2) is 33.9 Å². The van der Waals surface area contributed by atoms with E-state index in [-0.39, 0.29) is 12.4 Å². The number of rotatable bonds is 7. The van der Waals surface area contributed by atoms with E-state index in [1.807, 2.05) is 0 Å². The third-order valence-corrected chi connectivity index (χ3v) is 4.05. The first-order valence-corrected chi connectivity index (χ1v) is 7.96. The number of hydrogen-bond acceptors (Lipinski definition) is 6. The average molecular weight is 301 g/mol. The molecular weight excluding hydrogens is 282 g/mol. The van der Waals surface area contributed by atoms with Gasteiger partial charge in [-0.25, -0.2) is 8.42 Å². The largest absolute Gasteiger partial charge is 0.496 e. The van der Waals surface area contributed by atoms with Crippen LogP contribution in [0.2, 0.25) is 0 Å². The molecule has 2 N–H and O–H groups in total. The van der Waals surface area contributed by atoms with Gasteiger partial charge in [0, 0.05) is 12.1 Å². The molecule has 7 heteroatoms. The van der Waals surface area contributed by atoms with Gasteiger partial charge in [-0.3, -0.25) is 4.79 Å². The highest BCUT2D eigenvalue weighted by atomic mass is 32.2. The third-order valence-electron chi connectivity index (χ3n) is 2.60. The second-order valence-corrected chi connectivity index (χ2v) is 6.25. The minimum Gasteiger partial charge on any atom is -0.496 e. The Hall–Kier alpha value is -1.60. The van der Waals surface area contributed by atoms with Crippen LogP contribution in [0.3, 0.4) is 0 Å². The summed E-state index contributed by atoms with van der Waals surface area (Å²) in [5, 5.41) is 0. The van der Waals surface area contributed by atoms with Crippen molar-refractivity contribution in [2.24, 2.45) is 5.73 Å². The average Bonchev–Trinajstić information content (AvgIpc) is 2.37. The van der Waals surface area contributed by atoms with Gasteiger partial charge in [0.15, 0.2) is 9.84 Å². The zero-order valence-electron chi connectivity index (χ0n) is 11.6. The van der Waals surface area contributed by atoms with Crippen molar-refractivity contribution in [1.82, 2.24) is 0 Å². The molecule has 0 atom stereocenters. The van der Waals surface area contributed by atoms with Crippen LogP contribution in [0.15, 0.2) is 18.2 Å². The molecule has 0 bridgehead atoms. The maximum absolute atomic E-state index is 11.9. The molecular formula is C13H19NO5S. The number of hydrogen-bond donors (Lipinski definition) is 1. The lowest BCUT2D eigenvalue weighted by molar-refractivity contribution is -0.139. The van der Waals surface area contributed by atoms with Gasteiger partial charge in [0.25, 0.3) is 0 Å². The predicted molar refractivity (Wildman–Crippen MR) is 75.0 cm³/mol. The SMILES string of the molecule is CCOC(=O)CS(=O)(=O)Cc1ccc(CN)c(OC)c1. The van der Waals surface area contributed by atoms with E-state index < -0.39 is 21.6 Å². The Morgan fingerprint density at radius 2 is 2.05 bits per heavy atom. The smallest absolute Gasteiger partial charge is 0.321 e. The minimum absolute atomic E-state index is 0.160. The molecule has 0 aliphatic heterocycles. The molecule has 0 unspecified atom stereocenters.